The Morgan fingerprint density at radius 3 is 1.27 bits per heavy atom. The van der Waals surface area contributed by atoms with Crippen molar-refractivity contribution < 1.29 is 32.9 Å². The van der Waals surface area contributed by atoms with E-state index in [9.17, 15) is 19.4 Å². The number of aliphatic hydroxyl groups excluding tert-OH is 1. The Hall–Kier alpha value is -2.84. The summed E-state index contributed by atoms with van der Waals surface area (Å²) in [4.78, 5) is 25.5. The minimum absolute atomic E-state index is 0.0122. The normalized spacial score (nSPS) is 14.7. The average Bonchev–Trinajstić information content (AvgIpc) is 3.35. The van der Waals surface area contributed by atoms with E-state index in [0.29, 0.717) is 17.4 Å². The number of aliphatic hydroxyl groups is 1. The number of carbonyl (C=O) groups excluding carboxylic acids is 1. The van der Waals surface area contributed by atoms with E-state index in [1.807, 2.05) is 27.2 Å². The van der Waals surface area contributed by atoms with E-state index >= 15 is 0 Å². The molecule has 0 radical (unpaired) electrons. The monoisotopic (exact) mass is 1040 g/mol. The van der Waals surface area contributed by atoms with Crippen molar-refractivity contribution in [1.82, 2.24) is 5.32 Å². The number of hydrogen-bond acceptors (Lipinski definition) is 6. The van der Waals surface area contributed by atoms with Gasteiger partial charge >= 0.3 is 0 Å². The third kappa shape index (κ3) is 56.7. The van der Waals surface area contributed by atoms with Crippen LogP contribution in [0.25, 0.3) is 0 Å². The molecule has 0 aliphatic carbocycles. The van der Waals surface area contributed by atoms with Crippen LogP contribution in [0.1, 0.15) is 239 Å². The lowest BCUT2D eigenvalue weighted by atomic mass is 10.0. The van der Waals surface area contributed by atoms with Gasteiger partial charge in [0, 0.05) is 6.42 Å². The van der Waals surface area contributed by atoms with Crippen molar-refractivity contribution in [3.05, 3.63) is 109 Å². The van der Waals surface area contributed by atoms with Gasteiger partial charge in [0.1, 0.15) is 13.2 Å². The standard InChI is InChI=1S/C64H113N2O6P/c1-6-8-10-12-14-16-18-20-22-23-24-25-26-27-28-29-30-31-32-33-34-35-36-37-38-39-40-41-42-43-44-46-48-50-52-54-56-58-64(68)65-62(61-72-73(69,70)71-60-59-66(3,4)5)63(67)57-55-53-51-49-47-45-21-19-17-15-13-11-9-7-2/h8,10,14,16-17,19-20,22,24-25,27-28,30-31,47,49,55,57,62-63,67H,6-7,9,11-13,15,18,21,23,26,29,32-46,48,50-54,56,58-61H2,1-5H3,(H-,65,68,69,70)/b10-8-,16-14-,19-17+,22-20-,25-24-,28-27-,31-30-,49-47+,57-55+. The maximum absolute atomic E-state index is 12.9. The first-order chi connectivity index (χ1) is 35.5. The molecule has 2 N–H and O–H groups in total. The Bertz CT molecular complexity index is 1550. The SMILES string of the molecule is CC/C=C\C/C=C\C/C=C\C/C=C\C/C=C\C/C=C\CCCCCCCCCCCCCCCCCCCCC(=O)NC(COP(=O)([O-])OCC[N+](C)(C)C)C(O)/C=C/CC/C=C/CC/C=C/CCCCCC. The predicted molar refractivity (Wildman–Crippen MR) is 316 cm³/mol. The molecule has 0 fully saturated rings. The smallest absolute Gasteiger partial charge is 0.268 e. The van der Waals surface area contributed by atoms with E-state index in [0.717, 1.165) is 89.9 Å². The molecule has 0 bridgehead atoms. The molecule has 3 unspecified atom stereocenters. The molecule has 3 atom stereocenters. The number of allylic oxidation sites excluding steroid dienone is 17. The van der Waals surface area contributed by atoms with Crippen molar-refractivity contribution in [3.8, 4) is 0 Å². The van der Waals surface area contributed by atoms with Crippen LogP contribution in [0.15, 0.2) is 109 Å². The number of phosphoric acid groups is 1. The second-order valence-corrected chi connectivity index (χ2v) is 22.4. The number of nitrogens with one attached hydrogen (secondary N) is 1. The second-order valence-electron chi connectivity index (χ2n) is 20.9. The van der Waals surface area contributed by atoms with E-state index in [1.54, 1.807) is 6.08 Å². The molecule has 0 spiro atoms. The molecule has 0 rings (SSSR count). The molecule has 8 nitrogen and oxygen atoms in total. The Morgan fingerprint density at radius 1 is 0.493 bits per heavy atom. The van der Waals surface area contributed by atoms with E-state index in [4.69, 9.17) is 9.05 Å². The Balaban J connectivity index is 4.04. The van der Waals surface area contributed by atoms with Gasteiger partial charge in [0.15, 0.2) is 0 Å². The zero-order valence-corrected chi connectivity index (χ0v) is 48.7. The van der Waals surface area contributed by atoms with Gasteiger partial charge < -0.3 is 28.8 Å². The van der Waals surface area contributed by atoms with Crippen molar-refractivity contribution in [1.29, 1.82) is 0 Å². The largest absolute Gasteiger partial charge is 0.756 e. The number of rotatable bonds is 53. The van der Waals surface area contributed by atoms with Crippen LogP contribution in [0.5, 0.6) is 0 Å². The summed E-state index contributed by atoms with van der Waals surface area (Å²) in [5.41, 5.74) is 0. The molecule has 0 saturated heterocycles. The molecule has 0 aromatic rings. The topological polar surface area (TPSA) is 108 Å². The van der Waals surface area contributed by atoms with E-state index in [-0.39, 0.29) is 12.5 Å². The highest BCUT2D eigenvalue weighted by molar-refractivity contribution is 7.45. The summed E-state index contributed by atoms with van der Waals surface area (Å²) in [5.74, 6) is -0.214. The quantitative estimate of drug-likeness (QED) is 0.0272. The molecule has 420 valence electrons. The maximum atomic E-state index is 12.9. The summed E-state index contributed by atoms with van der Waals surface area (Å²) >= 11 is 0. The highest BCUT2D eigenvalue weighted by Crippen LogP contribution is 2.38. The zero-order valence-electron chi connectivity index (χ0n) is 47.8. The van der Waals surface area contributed by atoms with E-state index < -0.39 is 26.6 Å². The highest BCUT2D eigenvalue weighted by Gasteiger charge is 2.23. The number of hydrogen-bond donors (Lipinski definition) is 2. The lowest BCUT2D eigenvalue weighted by Gasteiger charge is -2.29. The van der Waals surface area contributed by atoms with Crippen molar-refractivity contribution >= 4 is 13.7 Å². The number of phosphoric ester groups is 1. The van der Waals surface area contributed by atoms with Gasteiger partial charge in [-0.3, -0.25) is 9.36 Å². The summed E-state index contributed by atoms with van der Waals surface area (Å²) in [6.45, 7) is 4.48. The first kappa shape index (κ1) is 70.2. The van der Waals surface area contributed by atoms with Gasteiger partial charge in [0.2, 0.25) is 5.91 Å². The lowest BCUT2D eigenvalue weighted by Crippen LogP contribution is -2.45. The van der Waals surface area contributed by atoms with E-state index in [1.165, 1.54) is 128 Å². The zero-order chi connectivity index (χ0) is 53.5. The summed E-state index contributed by atoms with van der Waals surface area (Å²) in [5, 5.41) is 13.8. The molecule has 73 heavy (non-hydrogen) atoms. The molecule has 9 heteroatoms. The summed E-state index contributed by atoms with van der Waals surface area (Å²) in [6.07, 6.45) is 79.0. The molecular weight excluding hydrogens is 924 g/mol. The van der Waals surface area contributed by atoms with Crippen LogP contribution in [-0.2, 0) is 18.4 Å². The molecular formula is C64H113N2O6P. The van der Waals surface area contributed by atoms with Gasteiger partial charge in [-0.1, -0.05) is 245 Å². The molecule has 0 aromatic heterocycles. The van der Waals surface area contributed by atoms with Crippen molar-refractivity contribution in [3.63, 3.8) is 0 Å². The maximum Gasteiger partial charge on any atom is 0.268 e. The van der Waals surface area contributed by atoms with Crippen molar-refractivity contribution in [2.75, 3.05) is 40.9 Å². The third-order valence-corrected chi connectivity index (χ3v) is 13.7. The number of nitrogens with zero attached hydrogens (tertiary/aromatic N) is 1. The molecule has 0 aliphatic heterocycles. The molecule has 0 saturated carbocycles. The third-order valence-electron chi connectivity index (χ3n) is 12.7. The van der Waals surface area contributed by atoms with Crippen molar-refractivity contribution in [2.24, 2.45) is 0 Å². The number of carbonyl (C=O) groups is 1. The number of amides is 1. The van der Waals surface area contributed by atoms with Gasteiger partial charge in [0.25, 0.3) is 7.82 Å². The molecule has 0 heterocycles. The second kappa shape index (κ2) is 54.0. The van der Waals surface area contributed by atoms with Crippen LogP contribution < -0.4 is 10.2 Å². The van der Waals surface area contributed by atoms with Crippen LogP contribution >= 0.6 is 7.82 Å². The van der Waals surface area contributed by atoms with Gasteiger partial charge in [0.05, 0.1) is 39.9 Å². The average molecular weight is 1040 g/mol. The van der Waals surface area contributed by atoms with Crippen LogP contribution in [0.4, 0.5) is 0 Å². The van der Waals surface area contributed by atoms with Crippen LogP contribution in [0, 0.1) is 0 Å². The molecule has 1 amide bonds. The van der Waals surface area contributed by atoms with Crippen molar-refractivity contribution in [2.45, 2.75) is 251 Å². The molecule has 0 aromatic carbocycles. The first-order valence-corrected chi connectivity index (χ1v) is 31.2. The van der Waals surface area contributed by atoms with Crippen LogP contribution in [0.3, 0.4) is 0 Å². The predicted octanol–water partition coefficient (Wildman–Crippen LogP) is 17.7. The minimum atomic E-state index is -4.61. The van der Waals surface area contributed by atoms with Gasteiger partial charge in [-0.25, -0.2) is 0 Å². The summed E-state index contributed by atoms with van der Waals surface area (Å²) in [7, 11) is 1.23. The minimum Gasteiger partial charge on any atom is -0.756 e. The molecule has 0 aliphatic rings. The lowest BCUT2D eigenvalue weighted by molar-refractivity contribution is -0.870. The van der Waals surface area contributed by atoms with Crippen LogP contribution in [-0.4, -0.2) is 68.5 Å². The van der Waals surface area contributed by atoms with Gasteiger partial charge in [-0.2, -0.15) is 0 Å². The summed E-state index contributed by atoms with van der Waals surface area (Å²) in [6, 6.07) is -0.914. The van der Waals surface area contributed by atoms with Gasteiger partial charge in [-0.05, 0) is 96.3 Å². The van der Waals surface area contributed by atoms with E-state index in [2.05, 4.69) is 116 Å². The summed E-state index contributed by atoms with van der Waals surface area (Å²) < 4.78 is 23.3. The fraction of sp³-hybridized carbons (Fsp3) is 0.703. The highest BCUT2D eigenvalue weighted by atomic mass is 31.2. The Labute approximate surface area is 451 Å². The van der Waals surface area contributed by atoms with Crippen LogP contribution in [0.2, 0.25) is 0 Å². The Morgan fingerprint density at radius 2 is 0.849 bits per heavy atom. The van der Waals surface area contributed by atoms with Gasteiger partial charge in [-0.15, -0.1) is 0 Å². The first-order valence-electron chi connectivity index (χ1n) is 29.7. The number of quaternary nitrogens is 1. The fourth-order valence-corrected chi connectivity index (χ4v) is 8.79. The fourth-order valence-electron chi connectivity index (χ4n) is 8.07. The number of likely N-dealkylation sites (N-methyl/N-ethyl adjacent to an activating group) is 1. The number of unbranched alkanes of at least 4 members (excludes halogenated alkanes) is 24. The Kier molecular flexibility index (Phi) is 51.9.